The van der Waals surface area contributed by atoms with Crippen LogP contribution in [0.4, 0.5) is 5.69 Å². The summed E-state index contributed by atoms with van der Waals surface area (Å²) < 4.78 is 2.05. The minimum Gasteiger partial charge on any atom is -0.331 e. The Morgan fingerprint density at radius 1 is 0.926 bits per heavy atom. The lowest BCUT2D eigenvalue weighted by molar-refractivity contribution is 0.0943. The number of carbonyl (C=O) groups excluding carboxylic acids is 1. The molecule has 0 unspecified atom stereocenters. The molecule has 3 N–H and O–H groups in total. The van der Waals surface area contributed by atoms with Gasteiger partial charge in [0.15, 0.2) is 5.11 Å². The maximum absolute atomic E-state index is 12.6. The SMILES string of the molecule is Cc1ccccc1NC(=S)NNC(=O)c1cc(C)n(-c2ccccc2)c1C. The summed E-state index contributed by atoms with van der Waals surface area (Å²) in [4.78, 5) is 12.6. The van der Waals surface area contributed by atoms with Crippen LogP contribution in [0.5, 0.6) is 0 Å². The molecule has 0 saturated heterocycles. The Balaban J connectivity index is 1.68. The van der Waals surface area contributed by atoms with E-state index in [1.54, 1.807) is 0 Å². The van der Waals surface area contributed by atoms with Crippen molar-refractivity contribution in [1.82, 2.24) is 15.4 Å². The number of rotatable bonds is 3. The molecule has 3 rings (SSSR count). The van der Waals surface area contributed by atoms with Crippen molar-refractivity contribution in [3.8, 4) is 5.69 Å². The molecule has 27 heavy (non-hydrogen) atoms. The summed E-state index contributed by atoms with van der Waals surface area (Å²) in [6, 6.07) is 19.6. The number of amides is 1. The van der Waals surface area contributed by atoms with Crippen LogP contribution in [0.3, 0.4) is 0 Å². The van der Waals surface area contributed by atoms with E-state index < -0.39 is 0 Å². The van der Waals surface area contributed by atoms with Gasteiger partial charge in [-0.2, -0.15) is 0 Å². The van der Waals surface area contributed by atoms with Crippen molar-refractivity contribution in [3.63, 3.8) is 0 Å². The molecule has 0 spiro atoms. The fourth-order valence-corrected chi connectivity index (χ4v) is 3.18. The second kappa shape index (κ2) is 8.05. The van der Waals surface area contributed by atoms with Gasteiger partial charge in [-0.05, 0) is 62.8 Å². The highest BCUT2D eigenvalue weighted by Crippen LogP contribution is 2.20. The number of nitrogens with zero attached hydrogens (tertiary/aromatic N) is 1. The van der Waals surface area contributed by atoms with E-state index in [1.807, 2.05) is 81.4 Å². The highest BCUT2D eigenvalue weighted by Gasteiger charge is 2.16. The Hall–Kier alpha value is -3.12. The molecule has 0 fully saturated rings. The van der Waals surface area contributed by atoms with E-state index in [-0.39, 0.29) is 5.91 Å². The number of anilines is 1. The molecule has 0 radical (unpaired) electrons. The lowest BCUT2D eigenvalue weighted by Crippen LogP contribution is -2.44. The number of aromatic nitrogens is 1. The minimum atomic E-state index is -0.237. The summed E-state index contributed by atoms with van der Waals surface area (Å²) in [5.74, 6) is -0.237. The first kappa shape index (κ1) is 18.7. The third-order valence-corrected chi connectivity index (χ3v) is 4.58. The van der Waals surface area contributed by atoms with Gasteiger partial charge in [0.05, 0.1) is 5.56 Å². The monoisotopic (exact) mass is 378 g/mol. The van der Waals surface area contributed by atoms with Crippen molar-refractivity contribution >= 4 is 28.9 Å². The molecule has 5 nitrogen and oxygen atoms in total. The summed E-state index contributed by atoms with van der Waals surface area (Å²) in [7, 11) is 0. The predicted octanol–water partition coefficient (Wildman–Crippen LogP) is 4.03. The molecule has 138 valence electrons. The second-order valence-corrected chi connectivity index (χ2v) is 6.71. The first-order valence-electron chi connectivity index (χ1n) is 8.64. The zero-order valence-corrected chi connectivity index (χ0v) is 16.4. The summed E-state index contributed by atoms with van der Waals surface area (Å²) in [6.45, 7) is 5.90. The third-order valence-electron chi connectivity index (χ3n) is 4.37. The molecule has 0 bridgehead atoms. The third kappa shape index (κ3) is 4.17. The quantitative estimate of drug-likeness (QED) is 0.476. The molecular weight excluding hydrogens is 356 g/mol. The molecule has 6 heteroatoms. The average molecular weight is 379 g/mol. The van der Waals surface area contributed by atoms with Gasteiger partial charge in [-0.1, -0.05) is 36.4 Å². The zero-order valence-electron chi connectivity index (χ0n) is 15.5. The van der Waals surface area contributed by atoms with Gasteiger partial charge in [0, 0.05) is 22.8 Å². The van der Waals surface area contributed by atoms with Gasteiger partial charge < -0.3 is 9.88 Å². The van der Waals surface area contributed by atoms with Crippen LogP contribution in [0.15, 0.2) is 60.7 Å². The molecule has 0 aliphatic rings. The van der Waals surface area contributed by atoms with Crippen LogP contribution in [-0.4, -0.2) is 15.6 Å². The van der Waals surface area contributed by atoms with Crippen LogP contribution < -0.4 is 16.2 Å². The topological polar surface area (TPSA) is 58.1 Å². The van der Waals surface area contributed by atoms with Gasteiger partial charge in [-0.15, -0.1) is 0 Å². The predicted molar refractivity (Wildman–Crippen MR) is 113 cm³/mol. The van der Waals surface area contributed by atoms with E-state index >= 15 is 0 Å². The van der Waals surface area contributed by atoms with Crippen molar-refractivity contribution in [2.75, 3.05) is 5.32 Å². The van der Waals surface area contributed by atoms with E-state index in [0.717, 1.165) is 28.3 Å². The minimum absolute atomic E-state index is 0.237. The average Bonchev–Trinajstić information content (AvgIpc) is 2.96. The molecular formula is C21H22N4OS. The van der Waals surface area contributed by atoms with Gasteiger partial charge in [0.2, 0.25) is 0 Å². The number of hydrogen-bond donors (Lipinski definition) is 3. The number of carbonyl (C=O) groups is 1. The Kier molecular flexibility index (Phi) is 5.57. The Labute approximate surface area is 164 Å². The number of nitrogens with one attached hydrogen (secondary N) is 3. The van der Waals surface area contributed by atoms with Crippen LogP contribution in [-0.2, 0) is 0 Å². The molecule has 0 saturated carbocycles. The summed E-state index contributed by atoms with van der Waals surface area (Å²) in [5, 5.41) is 3.40. The summed E-state index contributed by atoms with van der Waals surface area (Å²) >= 11 is 5.26. The van der Waals surface area contributed by atoms with E-state index in [9.17, 15) is 4.79 Å². The number of para-hydroxylation sites is 2. The lowest BCUT2D eigenvalue weighted by atomic mass is 10.2. The molecule has 3 aromatic rings. The Morgan fingerprint density at radius 3 is 2.30 bits per heavy atom. The van der Waals surface area contributed by atoms with Crippen molar-refractivity contribution in [2.24, 2.45) is 0 Å². The highest BCUT2D eigenvalue weighted by molar-refractivity contribution is 7.80. The number of thiocarbonyl (C=S) groups is 1. The molecule has 0 aliphatic heterocycles. The summed E-state index contributed by atoms with van der Waals surface area (Å²) in [5.41, 5.74) is 10.9. The van der Waals surface area contributed by atoms with Gasteiger partial charge in [-0.3, -0.25) is 15.6 Å². The highest BCUT2D eigenvalue weighted by atomic mass is 32.1. The zero-order chi connectivity index (χ0) is 19.4. The molecule has 1 aromatic heterocycles. The van der Waals surface area contributed by atoms with Gasteiger partial charge in [0.1, 0.15) is 0 Å². The number of aryl methyl sites for hydroxylation is 2. The smallest absolute Gasteiger partial charge is 0.271 e. The lowest BCUT2D eigenvalue weighted by Gasteiger charge is -2.13. The van der Waals surface area contributed by atoms with E-state index in [4.69, 9.17) is 12.2 Å². The molecule has 0 aliphatic carbocycles. The van der Waals surface area contributed by atoms with Crippen molar-refractivity contribution < 1.29 is 4.79 Å². The Bertz CT molecular complexity index is 979. The first-order valence-corrected chi connectivity index (χ1v) is 9.05. The molecule has 1 amide bonds. The standard InChI is InChI=1S/C21H22N4OS/c1-14-9-7-8-12-19(14)22-21(27)24-23-20(26)18-13-15(2)25(16(18)3)17-10-5-4-6-11-17/h4-13H,1-3H3,(H,23,26)(H2,22,24,27). The first-order chi connectivity index (χ1) is 13.0. The fourth-order valence-electron chi connectivity index (χ4n) is 3.01. The van der Waals surface area contributed by atoms with Gasteiger partial charge in [-0.25, -0.2) is 0 Å². The molecule has 2 aromatic carbocycles. The molecule has 0 atom stereocenters. The van der Waals surface area contributed by atoms with Crippen molar-refractivity contribution in [1.29, 1.82) is 0 Å². The number of hydrazine groups is 1. The van der Waals surface area contributed by atoms with Crippen LogP contribution in [0, 0.1) is 20.8 Å². The van der Waals surface area contributed by atoms with Crippen molar-refractivity contribution in [3.05, 3.63) is 83.2 Å². The number of benzene rings is 2. The number of hydrogen-bond acceptors (Lipinski definition) is 2. The summed E-state index contributed by atoms with van der Waals surface area (Å²) in [6.07, 6.45) is 0. The van der Waals surface area contributed by atoms with Crippen LogP contribution >= 0.6 is 12.2 Å². The largest absolute Gasteiger partial charge is 0.331 e. The Morgan fingerprint density at radius 2 is 1.59 bits per heavy atom. The maximum atomic E-state index is 12.6. The maximum Gasteiger partial charge on any atom is 0.271 e. The molecule has 1 heterocycles. The van der Waals surface area contributed by atoms with E-state index in [1.165, 1.54) is 0 Å². The van der Waals surface area contributed by atoms with Gasteiger partial charge in [0.25, 0.3) is 5.91 Å². The van der Waals surface area contributed by atoms with Crippen LogP contribution in [0.25, 0.3) is 5.69 Å². The van der Waals surface area contributed by atoms with E-state index in [2.05, 4.69) is 20.7 Å². The second-order valence-electron chi connectivity index (χ2n) is 6.30. The van der Waals surface area contributed by atoms with Gasteiger partial charge >= 0.3 is 0 Å². The fraction of sp³-hybridized carbons (Fsp3) is 0.143. The van der Waals surface area contributed by atoms with E-state index in [0.29, 0.717) is 10.7 Å². The van der Waals surface area contributed by atoms with Crippen LogP contribution in [0.1, 0.15) is 27.3 Å². The van der Waals surface area contributed by atoms with Crippen LogP contribution in [0.2, 0.25) is 0 Å². The normalized spacial score (nSPS) is 10.3. The van der Waals surface area contributed by atoms with Crippen molar-refractivity contribution in [2.45, 2.75) is 20.8 Å².